The van der Waals surface area contributed by atoms with Gasteiger partial charge in [0.25, 0.3) is 5.91 Å². The molecule has 0 bridgehead atoms. The van der Waals surface area contributed by atoms with Crippen molar-refractivity contribution in [1.82, 2.24) is 5.32 Å². The number of benzene rings is 2. The molecule has 1 amide bonds. The summed E-state index contributed by atoms with van der Waals surface area (Å²) in [6.45, 7) is 0. The van der Waals surface area contributed by atoms with E-state index in [1.54, 1.807) is 0 Å². The van der Waals surface area contributed by atoms with Crippen LogP contribution in [0.25, 0.3) is 0 Å². The Bertz CT molecular complexity index is 1570. The highest BCUT2D eigenvalue weighted by Gasteiger charge is 2.74. The van der Waals surface area contributed by atoms with Gasteiger partial charge in [-0.1, -0.05) is 37.5 Å². The van der Waals surface area contributed by atoms with Gasteiger partial charge in [-0.05, 0) is 67.5 Å². The number of aldehydes is 1. The molecule has 15 heteroatoms. The largest absolute Gasteiger partial charge is 0.435 e. The van der Waals surface area contributed by atoms with Gasteiger partial charge < -0.3 is 15.2 Å². The van der Waals surface area contributed by atoms with Gasteiger partial charge in [-0.3, -0.25) is 4.79 Å². The third kappa shape index (κ3) is 4.95. The van der Waals surface area contributed by atoms with Crippen LogP contribution in [-0.4, -0.2) is 49.7 Å². The van der Waals surface area contributed by atoms with E-state index in [0.29, 0.717) is 31.3 Å². The SMILES string of the molecule is O=CC1C[C@@H](NC(=O)C2(O)CCCCC2)[C@@H]2CCc3cc(C(F)(C(F)(F)F)C(F)(F)F)ccc3[C@@]12S(=O)(=O)c1ccc(F)cc1. The van der Waals surface area contributed by atoms with Gasteiger partial charge in [-0.2, -0.15) is 26.3 Å². The Hall–Kier alpha value is -3.07. The number of hydrogen-bond acceptors (Lipinski definition) is 5. The Kier molecular flexibility index (Phi) is 8.16. The van der Waals surface area contributed by atoms with E-state index in [9.17, 15) is 53.8 Å². The zero-order valence-electron chi connectivity index (χ0n) is 23.5. The van der Waals surface area contributed by atoms with Crippen LogP contribution < -0.4 is 5.32 Å². The topological polar surface area (TPSA) is 101 Å². The number of aliphatic hydroxyl groups is 1. The molecule has 246 valence electrons. The molecule has 0 spiro atoms. The quantitative estimate of drug-likeness (QED) is 0.233. The summed E-state index contributed by atoms with van der Waals surface area (Å²) < 4.78 is 137. The molecule has 0 heterocycles. The van der Waals surface area contributed by atoms with Gasteiger partial charge in [0.05, 0.1) is 4.90 Å². The summed E-state index contributed by atoms with van der Waals surface area (Å²) in [5, 5.41) is 13.7. The van der Waals surface area contributed by atoms with Crippen molar-refractivity contribution in [3.8, 4) is 0 Å². The Labute approximate surface area is 253 Å². The first-order valence-corrected chi connectivity index (χ1v) is 15.8. The first-order chi connectivity index (χ1) is 20.8. The van der Waals surface area contributed by atoms with Gasteiger partial charge in [0.15, 0.2) is 9.84 Å². The molecule has 2 aromatic rings. The maximum absolute atomic E-state index is 15.0. The molecule has 0 aromatic heterocycles. The predicted molar refractivity (Wildman–Crippen MR) is 143 cm³/mol. The van der Waals surface area contributed by atoms with Crippen molar-refractivity contribution >= 4 is 22.0 Å². The van der Waals surface area contributed by atoms with Crippen molar-refractivity contribution in [3.63, 3.8) is 0 Å². The molecule has 5 rings (SSSR count). The number of nitrogens with one attached hydrogen (secondary N) is 1. The Morgan fingerprint density at radius 3 is 2.09 bits per heavy atom. The van der Waals surface area contributed by atoms with Crippen molar-refractivity contribution in [2.45, 2.75) is 90.7 Å². The molecule has 3 aliphatic rings. The van der Waals surface area contributed by atoms with Gasteiger partial charge in [0.2, 0.25) is 0 Å². The minimum atomic E-state index is -6.41. The van der Waals surface area contributed by atoms with E-state index in [-0.39, 0.29) is 49.3 Å². The average molecular weight is 668 g/mol. The van der Waals surface area contributed by atoms with Gasteiger partial charge in [0.1, 0.15) is 22.5 Å². The molecular formula is C30H29F8NO5S. The molecule has 45 heavy (non-hydrogen) atoms. The van der Waals surface area contributed by atoms with Crippen LogP contribution in [0.4, 0.5) is 35.1 Å². The Balaban J connectivity index is 1.70. The number of amides is 1. The number of aryl methyl sites for hydroxylation is 1. The van der Waals surface area contributed by atoms with Gasteiger partial charge >= 0.3 is 18.0 Å². The Morgan fingerprint density at radius 1 is 0.933 bits per heavy atom. The highest BCUT2D eigenvalue weighted by Crippen LogP contribution is 2.61. The molecule has 2 saturated carbocycles. The fourth-order valence-corrected chi connectivity index (χ4v) is 10.1. The zero-order valence-corrected chi connectivity index (χ0v) is 24.3. The molecule has 4 atom stereocenters. The second-order valence-corrected chi connectivity index (χ2v) is 14.2. The summed E-state index contributed by atoms with van der Waals surface area (Å²) >= 11 is 0. The number of rotatable bonds is 6. The monoisotopic (exact) mass is 667 g/mol. The number of sulfone groups is 1. The lowest BCUT2D eigenvalue weighted by atomic mass is 9.71. The minimum absolute atomic E-state index is 0.140. The summed E-state index contributed by atoms with van der Waals surface area (Å²) in [6, 6.07) is 3.63. The van der Waals surface area contributed by atoms with Crippen molar-refractivity contribution < 1.29 is 58.2 Å². The fourth-order valence-electron chi connectivity index (χ4n) is 7.53. The van der Waals surface area contributed by atoms with Crippen LogP contribution >= 0.6 is 0 Å². The molecule has 3 aliphatic carbocycles. The number of halogens is 8. The van der Waals surface area contributed by atoms with Crippen molar-refractivity contribution in [3.05, 3.63) is 65.0 Å². The molecular weight excluding hydrogens is 638 g/mol. The van der Waals surface area contributed by atoms with Gasteiger partial charge in [-0.25, -0.2) is 17.2 Å². The predicted octanol–water partition coefficient (Wildman–Crippen LogP) is 5.75. The summed E-state index contributed by atoms with van der Waals surface area (Å²) in [7, 11) is -4.82. The van der Waals surface area contributed by atoms with Crippen LogP contribution in [0.15, 0.2) is 47.4 Å². The van der Waals surface area contributed by atoms with E-state index >= 15 is 4.39 Å². The van der Waals surface area contributed by atoms with E-state index in [1.807, 2.05) is 0 Å². The lowest BCUT2D eigenvalue weighted by Gasteiger charge is -2.44. The lowest BCUT2D eigenvalue weighted by Crippen LogP contribution is -2.55. The van der Waals surface area contributed by atoms with Crippen LogP contribution in [0.5, 0.6) is 0 Å². The van der Waals surface area contributed by atoms with E-state index in [4.69, 9.17) is 0 Å². The van der Waals surface area contributed by atoms with E-state index in [2.05, 4.69) is 5.32 Å². The summed E-state index contributed by atoms with van der Waals surface area (Å²) in [6.07, 6.45) is -11.2. The normalized spacial score (nSPS) is 26.9. The number of fused-ring (bicyclic) bond motifs is 3. The van der Waals surface area contributed by atoms with Gasteiger partial charge in [0, 0.05) is 23.4 Å². The van der Waals surface area contributed by atoms with Crippen molar-refractivity contribution in [1.29, 1.82) is 0 Å². The van der Waals surface area contributed by atoms with Crippen LogP contribution in [0, 0.1) is 17.7 Å². The van der Waals surface area contributed by atoms with E-state index in [0.717, 1.165) is 30.7 Å². The molecule has 1 unspecified atom stereocenters. The van der Waals surface area contributed by atoms with Crippen LogP contribution in [-0.2, 0) is 36.3 Å². The molecule has 0 radical (unpaired) electrons. The summed E-state index contributed by atoms with van der Waals surface area (Å²) in [4.78, 5) is 25.5. The van der Waals surface area contributed by atoms with Crippen molar-refractivity contribution in [2.24, 2.45) is 11.8 Å². The van der Waals surface area contributed by atoms with Crippen LogP contribution in [0.2, 0.25) is 0 Å². The first kappa shape index (κ1) is 33.3. The summed E-state index contributed by atoms with van der Waals surface area (Å²) in [5.41, 5.74) is -10.0. The number of carbonyl (C=O) groups is 2. The summed E-state index contributed by atoms with van der Waals surface area (Å²) in [5.74, 6) is -4.24. The van der Waals surface area contributed by atoms with Crippen LogP contribution in [0.1, 0.15) is 61.6 Å². The number of alkyl halides is 7. The van der Waals surface area contributed by atoms with Crippen LogP contribution in [0.3, 0.4) is 0 Å². The van der Waals surface area contributed by atoms with Gasteiger partial charge in [-0.15, -0.1) is 0 Å². The average Bonchev–Trinajstić information content (AvgIpc) is 3.30. The number of hydrogen-bond donors (Lipinski definition) is 2. The maximum Gasteiger partial charge on any atom is 0.435 e. The zero-order chi connectivity index (χ0) is 33.2. The third-order valence-corrected chi connectivity index (χ3v) is 12.3. The third-order valence-electron chi connectivity index (χ3n) is 9.68. The molecule has 0 aliphatic heterocycles. The Morgan fingerprint density at radius 2 is 1.53 bits per heavy atom. The minimum Gasteiger partial charge on any atom is -0.380 e. The first-order valence-electron chi connectivity index (χ1n) is 14.3. The number of carbonyl (C=O) groups excluding carboxylic acids is 2. The van der Waals surface area contributed by atoms with E-state index < -0.39 is 78.3 Å². The second-order valence-electron chi connectivity index (χ2n) is 12.1. The second kappa shape index (κ2) is 11.0. The highest BCUT2D eigenvalue weighted by molar-refractivity contribution is 7.92. The maximum atomic E-state index is 15.0. The molecule has 0 saturated heterocycles. The molecule has 6 nitrogen and oxygen atoms in total. The van der Waals surface area contributed by atoms with Crippen molar-refractivity contribution in [2.75, 3.05) is 0 Å². The standard InChI is InChI=1S/C30H29F8NO5S/c31-20-6-8-21(9-7-20)45(43,44)27-19(16-40)15-24(39-25(41)26(42)12-2-1-3-13-26)23(27)10-4-17-14-18(5-11-22(17)27)28(32,29(33,34)35)30(36,37)38/h5-9,11,14,16,19,23-24,42H,1-4,10,12-13,15H2,(H,39,41)/t19?,23-,24+,27-/m0/s1. The molecule has 2 aromatic carbocycles. The molecule has 2 N–H and O–H groups in total. The van der Waals surface area contributed by atoms with E-state index in [1.165, 1.54) is 0 Å². The smallest absolute Gasteiger partial charge is 0.380 e. The molecule has 2 fully saturated rings. The fraction of sp³-hybridized carbons (Fsp3) is 0.533. The highest BCUT2D eigenvalue weighted by atomic mass is 32.2. The lowest BCUT2D eigenvalue weighted by molar-refractivity contribution is -0.348.